The Morgan fingerprint density at radius 3 is 2.92 bits per heavy atom. The van der Waals surface area contributed by atoms with E-state index in [4.69, 9.17) is 0 Å². The summed E-state index contributed by atoms with van der Waals surface area (Å²) in [4.78, 5) is 4.20. The summed E-state index contributed by atoms with van der Waals surface area (Å²) in [6.45, 7) is 3.37. The molecule has 1 aromatic heterocycles. The van der Waals surface area contributed by atoms with Gasteiger partial charge in [0.1, 0.15) is 5.82 Å². The third-order valence-corrected chi connectivity index (χ3v) is 2.46. The van der Waals surface area contributed by atoms with Crippen LogP contribution < -0.4 is 5.32 Å². The Morgan fingerprint density at radius 1 is 1.50 bits per heavy atom. The minimum atomic E-state index is 0.553. The number of hydrogen-bond acceptors (Lipinski definition) is 2. The van der Waals surface area contributed by atoms with E-state index in [0.717, 1.165) is 12.4 Å². The first-order valence-electron chi connectivity index (χ1n) is 4.43. The van der Waals surface area contributed by atoms with Gasteiger partial charge in [0.15, 0.2) is 0 Å². The lowest BCUT2D eigenvalue weighted by Gasteiger charge is -2.09. The molecule has 64 valence electrons. The van der Waals surface area contributed by atoms with Gasteiger partial charge in [0, 0.05) is 12.7 Å². The van der Waals surface area contributed by atoms with E-state index < -0.39 is 0 Å². The quantitative estimate of drug-likeness (QED) is 0.737. The number of nitrogens with one attached hydrogen (secondary N) is 1. The van der Waals surface area contributed by atoms with E-state index in [-0.39, 0.29) is 0 Å². The van der Waals surface area contributed by atoms with E-state index >= 15 is 0 Å². The van der Waals surface area contributed by atoms with Crippen molar-refractivity contribution in [3.05, 3.63) is 24.4 Å². The van der Waals surface area contributed by atoms with Gasteiger partial charge in [-0.05, 0) is 30.4 Å². The Kier molecular flexibility index (Phi) is 1.75. The van der Waals surface area contributed by atoms with Crippen LogP contribution >= 0.6 is 0 Å². The molecule has 1 heterocycles. The van der Waals surface area contributed by atoms with Gasteiger partial charge in [0.05, 0.1) is 0 Å². The standard InChI is InChI=1S/C10H14N2/c1-10(5-6-10)8-12-9-4-2-3-7-11-9/h2-4,7H,5-6,8H2,1H3,(H,11,12). The van der Waals surface area contributed by atoms with Gasteiger partial charge in [-0.15, -0.1) is 0 Å². The number of pyridine rings is 1. The minimum Gasteiger partial charge on any atom is -0.370 e. The van der Waals surface area contributed by atoms with Crippen molar-refractivity contribution >= 4 is 5.82 Å². The molecule has 2 heteroatoms. The number of anilines is 1. The van der Waals surface area contributed by atoms with Crippen molar-refractivity contribution < 1.29 is 0 Å². The molecule has 1 fully saturated rings. The normalized spacial score (nSPS) is 18.8. The van der Waals surface area contributed by atoms with Crippen LogP contribution in [0, 0.1) is 5.41 Å². The predicted molar refractivity (Wildman–Crippen MR) is 50.1 cm³/mol. The summed E-state index contributed by atoms with van der Waals surface area (Å²) < 4.78 is 0. The van der Waals surface area contributed by atoms with Crippen molar-refractivity contribution in [3.8, 4) is 0 Å². The van der Waals surface area contributed by atoms with Crippen LogP contribution in [-0.2, 0) is 0 Å². The smallest absolute Gasteiger partial charge is 0.125 e. The summed E-state index contributed by atoms with van der Waals surface area (Å²) in [5.74, 6) is 0.991. The predicted octanol–water partition coefficient (Wildman–Crippen LogP) is 2.29. The van der Waals surface area contributed by atoms with Gasteiger partial charge in [-0.3, -0.25) is 0 Å². The summed E-state index contributed by atoms with van der Waals surface area (Å²) in [7, 11) is 0. The molecule has 0 aliphatic heterocycles. The third kappa shape index (κ3) is 1.76. The van der Waals surface area contributed by atoms with Gasteiger partial charge in [-0.1, -0.05) is 13.0 Å². The Hall–Kier alpha value is -1.05. The van der Waals surface area contributed by atoms with Gasteiger partial charge < -0.3 is 5.32 Å². The number of hydrogen-bond donors (Lipinski definition) is 1. The molecule has 0 radical (unpaired) electrons. The molecule has 0 spiro atoms. The van der Waals surface area contributed by atoms with E-state index in [1.165, 1.54) is 12.8 Å². The molecule has 0 unspecified atom stereocenters. The molecule has 1 saturated carbocycles. The van der Waals surface area contributed by atoms with Gasteiger partial charge in [-0.25, -0.2) is 4.98 Å². The SMILES string of the molecule is CC1(CNc2ccccn2)CC1. The maximum atomic E-state index is 4.20. The highest BCUT2D eigenvalue weighted by molar-refractivity contribution is 5.33. The Balaban J connectivity index is 1.88. The van der Waals surface area contributed by atoms with Crippen LogP contribution in [0.1, 0.15) is 19.8 Å². The van der Waals surface area contributed by atoms with E-state index in [1.54, 1.807) is 0 Å². The lowest BCUT2D eigenvalue weighted by molar-refractivity contribution is 0.609. The highest BCUT2D eigenvalue weighted by Gasteiger charge is 2.36. The van der Waals surface area contributed by atoms with Gasteiger partial charge >= 0.3 is 0 Å². The first-order chi connectivity index (χ1) is 5.79. The van der Waals surface area contributed by atoms with Crippen LogP contribution in [0.5, 0.6) is 0 Å². The zero-order chi connectivity index (χ0) is 8.44. The molecule has 0 saturated heterocycles. The summed E-state index contributed by atoms with van der Waals surface area (Å²) in [6, 6.07) is 5.94. The zero-order valence-electron chi connectivity index (χ0n) is 7.38. The van der Waals surface area contributed by atoms with Crippen LogP contribution in [0.25, 0.3) is 0 Å². The molecule has 2 nitrogen and oxygen atoms in total. The van der Waals surface area contributed by atoms with E-state index in [1.807, 2.05) is 24.4 Å². The molecule has 1 N–H and O–H groups in total. The van der Waals surface area contributed by atoms with Crippen molar-refractivity contribution in [1.82, 2.24) is 4.98 Å². The van der Waals surface area contributed by atoms with Crippen LogP contribution in [0.15, 0.2) is 24.4 Å². The molecular weight excluding hydrogens is 148 g/mol. The Labute approximate surface area is 73.0 Å². The van der Waals surface area contributed by atoms with E-state index in [9.17, 15) is 0 Å². The first-order valence-corrected chi connectivity index (χ1v) is 4.43. The summed E-state index contributed by atoms with van der Waals surface area (Å²) in [5, 5.41) is 3.34. The Morgan fingerprint density at radius 2 is 2.33 bits per heavy atom. The molecule has 12 heavy (non-hydrogen) atoms. The average molecular weight is 162 g/mol. The number of rotatable bonds is 3. The van der Waals surface area contributed by atoms with Crippen LogP contribution in [0.4, 0.5) is 5.82 Å². The fourth-order valence-corrected chi connectivity index (χ4v) is 1.16. The zero-order valence-corrected chi connectivity index (χ0v) is 7.38. The second-order valence-electron chi connectivity index (χ2n) is 3.88. The van der Waals surface area contributed by atoms with Crippen molar-refractivity contribution in [2.24, 2.45) is 5.41 Å². The number of aromatic nitrogens is 1. The summed E-state index contributed by atoms with van der Waals surface area (Å²) in [5.41, 5.74) is 0.553. The fraction of sp³-hybridized carbons (Fsp3) is 0.500. The van der Waals surface area contributed by atoms with Crippen LogP contribution in [-0.4, -0.2) is 11.5 Å². The fourth-order valence-electron chi connectivity index (χ4n) is 1.16. The topological polar surface area (TPSA) is 24.9 Å². The van der Waals surface area contributed by atoms with Gasteiger partial charge in [0.25, 0.3) is 0 Å². The second kappa shape index (κ2) is 2.77. The molecule has 0 bridgehead atoms. The maximum Gasteiger partial charge on any atom is 0.125 e. The molecule has 0 atom stereocenters. The first kappa shape index (κ1) is 7.59. The highest BCUT2D eigenvalue weighted by atomic mass is 15.0. The molecule has 2 rings (SSSR count). The van der Waals surface area contributed by atoms with E-state index in [2.05, 4.69) is 17.2 Å². The van der Waals surface area contributed by atoms with Gasteiger partial charge in [0.2, 0.25) is 0 Å². The molecular formula is C10H14N2. The largest absolute Gasteiger partial charge is 0.370 e. The van der Waals surface area contributed by atoms with Crippen LogP contribution in [0.2, 0.25) is 0 Å². The van der Waals surface area contributed by atoms with Crippen molar-refractivity contribution in [3.63, 3.8) is 0 Å². The Bertz CT molecular complexity index is 252. The molecule has 0 amide bonds. The van der Waals surface area contributed by atoms with Gasteiger partial charge in [-0.2, -0.15) is 0 Å². The minimum absolute atomic E-state index is 0.553. The van der Waals surface area contributed by atoms with Crippen molar-refractivity contribution in [2.75, 3.05) is 11.9 Å². The average Bonchev–Trinajstić information content (AvgIpc) is 2.84. The van der Waals surface area contributed by atoms with Crippen molar-refractivity contribution in [1.29, 1.82) is 0 Å². The number of nitrogens with zero attached hydrogens (tertiary/aromatic N) is 1. The molecule has 1 aliphatic rings. The summed E-state index contributed by atoms with van der Waals surface area (Å²) >= 11 is 0. The molecule has 1 aromatic rings. The molecule has 0 aromatic carbocycles. The van der Waals surface area contributed by atoms with Crippen LogP contribution in [0.3, 0.4) is 0 Å². The molecule has 1 aliphatic carbocycles. The highest BCUT2D eigenvalue weighted by Crippen LogP contribution is 2.44. The lowest BCUT2D eigenvalue weighted by Crippen LogP contribution is -2.12. The second-order valence-corrected chi connectivity index (χ2v) is 3.88. The van der Waals surface area contributed by atoms with Crippen molar-refractivity contribution in [2.45, 2.75) is 19.8 Å². The van der Waals surface area contributed by atoms with E-state index in [0.29, 0.717) is 5.41 Å². The third-order valence-electron chi connectivity index (χ3n) is 2.46. The monoisotopic (exact) mass is 162 g/mol. The maximum absolute atomic E-state index is 4.20. The lowest BCUT2D eigenvalue weighted by atomic mass is 10.1. The summed E-state index contributed by atoms with van der Waals surface area (Å²) in [6.07, 6.45) is 4.53.